The van der Waals surface area contributed by atoms with Gasteiger partial charge in [0.05, 0.1) is 12.2 Å². The number of anilines is 1. The second-order valence-corrected chi connectivity index (χ2v) is 8.96. The SMILES string of the molecule is CC(C)(C)NC(=O)C1(N2CCCC2=O)C(=O)N(Cc2ccccc2)c2ccccc21. The van der Waals surface area contributed by atoms with Crippen molar-refractivity contribution in [3.63, 3.8) is 0 Å². The number of fused-ring (bicyclic) bond motifs is 1. The van der Waals surface area contributed by atoms with E-state index in [0.717, 1.165) is 5.56 Å². The summed E-state index contributed by atoms with van der Waals surface area (Å²) in [5, 5.41) is 2.97. The lowest BCUT2D eigenvalue weighted by Gasteiger charge is -2.38. The molecule has 1 unspecified atom stereocenters. The molecule has 0 radical (unpaired) electrons. The molecule has 30 heavy (non-hydrogen) atoms. The van der Waals surface area contributed by atoms with Gasteiger partial charge in [0.2, 0.25) is 11.4 Å². The van der Waals surface area contributed by atoms with E-state index >= 15 is 0 Å². The third-order valence-corrected chi connectivity index (χ3v) is 5.62. The highest BCUT2D eigenvalue weighted by Crippen LogP contribution is 2.46. The summed E-state index contributed by atoms with van der Waals surface area (Å²) in [6.45, 7) is 6.34. The lowest BCUT2D eigenvalue weighted by Crippen LogP contribution is -2.64. The predicted molar refractivity (Wildman–Crippen MR) is 115 cm³/mol. The van der Waals surface area contributed by atoms with Crippen LogP contribution in [0.4, 0.5) is 5.69 Å². The van der Waals surface area contributed by atoms with Crippen molar-refractivity contribution in [1.82, 2.24) is 10.2 Å². The van der Waals surface area contributed by atoms with Crippen LogP contribution in [-0.2, 0) is 26.5 Å². The first kappa shape index (κ1) is 20.1. The van der Waals surface area contributed by atoms with Gasteiger partial charge in [-0.1, -0.05) is 48.5 Å². The van der Waals surface area contributed by atoms with E-state index in [9.17, 15) is 14.4 Å². The summed E-state index contributed by atoms with van der Waals surface area (Å²) in [6.07, 6.45) is 0.982. The fourth-order valence-corrected chi connectivity index (χ4v) is 4.39. The van der Waals surface area contributed by atoms with Crippen LogP contribution in [0.25, 0.3) is 0 Å². The van der Waals surface area contributed by atoms with E-state index in [0.29, 0.717) is 37.2 Å². The van der Waals surface area contributed by atoms with Gasteiger partial charge in [-0.05, 0) is 38.8 Å². The zero-order chi connectivity index (χ0) is 21.5. The molecule has 6 nitrogen and oxygen atoms in total. The summed E-state index contributed by atoms with van der Waals surface area (Å²) in [6, 6.07) is 17.0. The van der Waals surface area contributed by atoms with Gasteiger partial charge in [-0.2, -0.15) is 0 Å². The average Bonchev–Trinajstić information content (AvgIpc) is 3.22. The monoisotopic (exact) mass is 405 g/mol. The Balaban J connectivity index is 1.88. The zero-order valence-electron chi connectivity index (χ0n) is 17.6. The maximum Gasteiger partial charge on any atom is 0.267 e. The standard InChI is InChI=1S/C24H27N3O3/c1-23(2,3)25-21(29)24(27-15-9-14-20(27)28)18-12-7-8-13-19(18)26(22(24)30)16-17-10-5-4-6-11-17/h4-8,10-13H,9,14-16H2,1-3H3,(H,25,29). The lowest BCUT2D eigenvalue weighted by molar-refractivity contribution is -0.153. The Morgan fingerprint density at radius 1 is 1.03 bits per heavy atom. The molecule has 1 saturated heterocycles. The van der Waals surface area contributed by atoms with Crippen molar-refractivity contribution in [2.45, 2.75) is 51.2 Å². The Bertz CT molecular complexity index is 996. The second-order valence-electron chi connectivity index (χ2n) is 8.96. The van der Waals surface area contributed by atoms with Gasteiger partial charge in [0.25, 0.3) is 11.8 Å². The first-order chi connectivity index (χ1) is 14.2. The van der Waals surface area contributed by atoms with Crippen molar-refractivity contribution in [2.24, 2.45) is 0 Å². The Kier molecular flexibility index (Phi) is 4.88. The van der Waals surface area contributed by atoms with E-state index in [1.165, 1.54) is 4.90 Å². The van der Waals surface area contributed by atoms with Crippen LogP contribution in [0.3, 0.4) is 0 Å². The topological polar surface area (TPSA) is 69.7 Å². The Hall–Kier alpha value is -3.15. The van der Waals surface area contributed by atoms with E-state index in [4.69, 9.17) is 0 Å². The van der Waals surface area contributed by atoms with Crippen LogP contribution in [0.5, 0.6) is 0 Å². The van der Waals surface area contributed by atoms with E-state index in [2.05, 4.69) is 5.32 Å². The average molecular weight is 405 g/mol. The fraction of sp³-hybridized carbons (Fsp3) is 0.375. The maximum atomic E-state index is 14.0. The Morgan fingerprint density at radius 3 is 2.33 bits per heavy atom. The van der Waals surface area contributed by atoms with Crippen LogP contribution in [-0.4, -0.2) is 34.7 Å². The van der Waals surface area contributed by atoms with E-state index in [1.54, 1.807) is 11.0 Å². The van der Waals surface area contributed by atoms with E-state index in [-0.39, 0.29) is 11.8 Å². The number of hydrogen-bond donors (Lipinski definition) is 1. The molecule has 1 fully saturated rings. The highest BCUT2D eigenvalue weighted by atomic mass is 16.2. The number of likely N-dealkylation sites (tertiary alicyclic amines) is 1. The third kappa shape index (κ3) is 3.16. The molecule has 3 amide bonds. The molecule has 0 spiro atoms. The van der Waals surface area contributed by atoms with Gasteiger partial charge < -0.3 is 15.1 Å². The highest BCUT2D eigenvalue weighted by molar-refractivity contribution is 6.22. The molecule has 0 aliphatic carbocycles. The highest BCUT2D eigenvalue weighted by Gasteiger charge is 2.62. The van der Waals surface area contributed by atoms with Crippen LogP contribution in [0.2, 0.25) is 0 Å². The quantitative estimate of drug-likeness (QED) is 0.795. The molecule has 6 heteroatoms. The first-order valence-corrected chi connectivity index (χ1v) is 10.3. The van der Waals surface area contributed by atoms with Crippen molar-refractivity contribution in [3.05, 3.63) is 65.7 Å². The second kappa shape index (κ2) is 7.27. The smallest absolute Gasteiger partial charge is 0.267 e. The summed E-state index contributed by atoms with van der Waals surface area (Å²) in [5.74, 6) is -0.980. The number of amides is 3. The number of carbonyl (C=O) groups is 3. The summed E-state index contributed by atoms with van der Waals surface area (Å²) in [5.41, 5.74) is -0.0141. The van der Waals surface area contributed by atoms with E-state index in [1.807, 2.05) is 69.3 Å². The van der Waals surface area contributed by atoms with Crippen LogP contribution < -0.4 is 10.2 Å². The molecule has 2 aromatic carbocycles. The largest absolute Gasteiger partial charge is 0.349 e. The molecule has 0 saturated carbocycles. The van der Waals surface area contributed by atoms with Gasteiger partial charge in [0.1, 0.15) is 0 Å². The minimum atomic E-state index is -1.67. The molecular formula is C24H27N3O3. The zero-order valence-corrected chi connectivity index (χ0v) is 17.6. The predicted octanol–water partition coefficient (Wildman–Crippen LogP) is 2.97. The minimum absolute atomic E-state index is 0.163. The number of rotatable bonds is 4. The van der Waals surface area contributed by atoms with E-state index < -0.39 is 17.0 Å². The van der Waals surface area contributed by atoms with Crippen LogP contribution in [0.1, 0.15) is 44.7 Å². The molecule has 2 aromatic rings. The lowest BCUT2D eigenvalue weighted by atomic mass is 9.87. The number of nitrogens with zero attached hydrogens (tertiary/aromatic N) is 2. The minimum Gasteiger partial charge on any atom is -0.349 e. The molecular weight excluding hydrogens is 378 g/mol. The Labute approximate surface area is 176 Å². The number of carbonyl (C=O) groups excluding carboxylic acids is 3. The molecule has 0 bridgehead atoms. The molecule has 4 rings (SSSR count). The normalized spacial score (nSPS) is 21.2. The molecule has 1 N–H and O–H groups in total. The summed E-state index contributed by atoms with van der Waals surface area (Å²) in [4.78, 5) is 43.7. The number of benzene rings is 2. The van der Waals surface area contributed by atoms with Crippen LogP contribution in [0.15, 0.2) is 54.6 Å². The van der Waals surface area contributed by atoms with Gasteiger partial charge in [0.15, 0.2) is 0 Å². The molecule has 156 valence electrons. The summed E-state index contributed by atoms with van der Waals surface area (Å²) >= 11 is 0. The molecule has 2 aliphatic rings. The molecule has 2 heterocycles. The van der Waals surface area contributed by atoms with Crippen molar-refractivity contribution in [1.29, 1.82) is 0 Å². The van der Waals surface area contributed by atoms with Crippen molar-refractivity contribution in [3.8, 4) is 0 Å². The molecule has 0 aromatic heterocycles. The first-order valence-electron chi connectivity index (χ1n) is 10.3. The van der Waals surface area contributed by atoms with Crippen LogP contribution >= 0.6 is 0 Å². The summed E-state index contributed by atoms with van der Waals surface area (Å²) in [7, 11) is 0. The number of nitrogens with one attached hydrogen (secondary N) is 1. The Morgan fingerprint density at radius 2 is 1.70 bits per heavy atom. The van der Waals surface area contributed by atoms with Gasteiger partial charge in [-0.15, -0.1) is 0 Å². The third-order valence-electron chi connectivity index (χ3n) is 5.62. The van der Waals surface area contributed by atoms with Gasteiger partial charge >= 0.3 is 0 Å². The fourth-order valence-electron chi connectivity index (χ4n) is 4.39. The van der Waals surface area contributed by atoms with Crippen molar-refractivity contribution >= 4 is 23.4 Å². The molecule has 1 atom stereocenters. The van der Waals surface area contributed by atoms with Gasteiger partial charge in [0, 0.05) is 24.1 Å². The van der Waals surface area contributed by atoms with Crippen LogP contribution in [0, 0.1) is 0 Å². The molecule has 2 aliphatic heterocycles. The van der Waals surface area contributed by atoms with Crippen molar-refractivity contribution < 1.29 is 14.4 Å². The van der Waals surface area contributed by atoms with Gasteiger partial charge in [-0.25, -0.2) is 0 Å². The number of hydrogen-bond acceptors (Lipinski definition) is 3. The summed E-state index contributed by atoms with van der Waals surface area (Å²) < 4.78 is 0. The van der Waals surface area contributed by atoms with Crippen molar-refractivity contribution in [2.75, 3.05) is 11.4 Å². The maximum absolute atomic E-state index is 14.0. The number of para-hydroxylation sites is 1. The van der Waals surface area contributed by atoms with Gasteiger partial charge in [-0.3, -0.25) is 14.4 Å².